The molecule has 2 heterocycles. The summed E-state index contributed by atoms with van der Waals surface area (Å²) < 4.78 is 60.4. The van der Waals surface area contributed by atoms with Crippen LogP contribution in [0.3, 0.4) is 0 Å². The van der Waals surface area contributed by atoms with Gasteiger partial charge in [0, 0.05) is 6.54 Å². The Morgan fingerprint density at radius 2 is 1.71 bits per heavy atom. The molecule has 0 saturated carbocycles. The number of carboxylic acids is 1. The number of carbonyl (C=O) groups is 2. The fraction of sp³-hybridized carbons (Fsp3) is 0.818. The van der Waals surface area contributed by atoms with E-state index in [0.717, 1.165) is 0 Å². The Bertz CT molecular complexity index is 557. The fourth-order valence-electron chi connectivity index (χ4n) is 2.99. The average molecular weight is 329 g/mol. The van der Waals surface area contributed by atoms with E-state index in [1.54, 1.807) is 0 Å². The molecule has 2 aliphatic heterocycles. The van der Waals surface area contributed by atoms with Crippen LogP contribution >= 0.6 is 0 Å². The van der Waals surface area contributed by atoms with Crippen molar-refractivity contribution >= 4 is 21.7 Å². The molecule has 0 aromatic heterocycles. The molecule has 2 saturated heterocycles. The van der Waals surface area contributed by atoms with Crippen LogP contribution in [0.5, 0.6) is 0 Å². The summed E-state index contributed by atoms with van der Waals surface area (Å²) in [6, 6.07) is -1.56. The van der Waals surface area contributed by atoms with E-state index in [4.69, 9.17) is 5.11 Å². The van der Waals surface area contributed by atoms with Crippen LogP contribution in [0.25, 0.3) is 0 Å². The van der Waals surface area contributed by atoms with Crippen LogP contribution in [0.1, 0.15) is 19.3 Å². The van der Waals surface area contributed by atoms with Crippen LogP contribution < -0.4 is 0 Å². The van der Waals surface area contributed by atoms with Crippen LogP contribution in [0.15, 0.2) is 0 Å². The van der Waals surface area contributed by atoms with Gasteiger partial charge in [-0.3, -0.25) is 4.79 Å². The molecule has 120 valence electrons. The minimum absolute atomic E-state index is 0.0841. The van der Waals surface area contributed by atoms with Crippen molar-refractivity contribution < 1.29 is 36.3 Å². The second-order valence-corrected chi connectivity index (χ2v) is 7.94. The predicted molar refractivity (Wildman–Crippen MR) is 64.1 cm³/mol. The smallest absolute Gasteiger partial charge is 0.471 e. The van der Waals surface area contributed by atoms with Crippen LogP contribution in [-0.2, 0) is 19.4 Å². The molecule has 0 aromatic rings. The van der Waals surface area contributed by atoms with Gasteiger partial charge < -0.3 is 10.0 Å². The van der Waals surface area contributed by atoms with E-state index in [9.17, 15) is 31.2 Å². The molecule has 0 aliphatic carbocycles. The number of alkyl halides is 3. The maximum Gasteiger partial charge on any atom is 0.471 e. The van der Waals surface area contributed by atoms with E-state index in [0.29, 0.717) is 4.90 Å². The highest BCUT2D eigenvalue weighted by molar-refractivity contribution is 7.91. The lowest BCUT2D eigenvalue weighted by Crippen LogP contribution is -2.47. The van der Waals surface area contributed by atoms with E-state index >= 15 is 0 Å². The number of aliphatic carboxylic acids is 1. The van der Waals surface area contributed by atoms with Gasteiger partial charge in [0.2, 0.25) is 0 Å². The highest BCUT2D eigenvalue weighted by Crippen LogP contribution is 2.45. The molecule has 1 atom stereocenters. The number of likely N-dealkylation sites (tertiary alicyclic amines) is 1. The number of hydrogen-bond donors (Lipinski definition) is 1. The van der Waals surface area contributed by atoms with Gasteiger partial charge in [-0.15, -0.1) is 0 Å². The van der Waals surface area contributed by atoms with Gasteiger partial charge >= 0.3 is 18.1 Å². The Morgan fingerprint density at radius 1 is 1.19 bits per heavy atom. The highest BCUT2D eigenvalue weighted by Gasteiger charge is 2.55. The molecule has 21 heavy (non-hydrogen) atoms. The summed E-state index contributed by atoms with van der Waals surface area (Å²) in [5.41, 5.74) is -0.852. The second kappa shape index (κ2) is 4.85. The van der Waals surface area contributed by atoms with Crippen molar-refractivity contribution in [2.24, 2.45) is 5.41 Å². The largest absolute Gasteiger partial charge is 0.480 e. The number of amides is 1. The van der Waals surface area contributed by atoms with Crippen LogP contribution in [0.4, 0.5) is 13.2 Å². The zero-order valence-corrected chi connectivity index (χ0v) is 11.7. The fourth-order valence-corrected chi connectivity index (χ4v) is 4.68. The Hall–Kier alpha value is -1.32. The van der Waals surface area contributed by atoms with Gasteiger partial charge in [0.1, 0.15) is 15.9 Å². The van der Waals surface area contributed by atoms with E-state index in [1.807, 2.05) is 0 Å². The molecule has 1 unspecified atom stereocenters. The number of hydrogen-bond acceptors (Lipinski definition) is 4. The molecule has 1 amide bonds. The van der Waals surface area contributed by atoms with Crippen molar-refractivity contribution in [3.63, 3.8) is 0 Å². The van der Waals surface area contributed by atoms with Crippen molar-refractivity contribution in [2.45, 2.75) is 31.5 Å². The first kappa shape index (κ1) is 16.1. The highest BCUT2D eigenvalue weighted by atomic mass is 32.2. The normalized spacial score (nSPS) is 27.8. The van der Waals surface area contributed by atoms with Gasteiger partial charge in [0.25, 0.3) is 0 Å². The Labute approximate surface area is 118 Å². The molecule has 0 aromatic carbocycles. The van der Waals surface area contributed by atoms with Gasteiger partial charge in [0.15, 0.2) is 0 Å². The van der Waals surface area contributed by atoms with Crippen molar-refractivity contribution in [1.29, 1.82) is 0 Å². The molecular formula is C11H14F3NO5S. The summed E-state index contributed by atoms with van der Waals surface area (Å²) >= 11 is 0. The number of halogens is 3. The number of rotatable bonds is 1. The first-order valence-corrected chi connectivity index (χ1v) is 8.09. The molecule has 2 rings (SSSR count). The number of sulfone groups is 1. The lowest BCUT2D eigenvalue weighted by molar-refractivity contribution is -0.188. The van der Waals surface area contributed by atoms with Crippen LogP contribution in [0.2, 0.25) is 0 Å². The summed E-state index contributed by atoms with van der Waals surface area (Å²) in [6.07, 6.45) is -5.11. The molecular weight excluding hydrogens is 315 g/mol. The van der Waals surface area contributed by atoms with Crippen molar-refractivity contribution in [3.05, 3.63) is 0 Å². The minimum Gasteiger partial charge on any atom is -0.480 e. The Kier molecular flexibility index (Phi) is 3.71. The number of carboxylic acid groups (broad SMARTS) is 1. The molecule has 1 spiro atoms. The first-order chi connectivity index (χ1) is 9.46. The minimum atomic E-state index is -5.14. The third-order valence-corrected chi connectivity index (χ3v) is 5.84. The van der Waals surface area contributed by atoms with Crippen LogP contribution in [-0.4, -0.2) is 60.6 Å². The van der Waals surface area contributed by atoms with E-state index < -0.39 is 39.3 Å². The molecule has 1 N–H and O–H groups in total. The molecule has 0 radical (unpaired) electrons. The van der Waals surface area contributed by atoms with Crippen molar-refractivity contribution in [2.75, 3.05) is 18.1 Å². The maximum absolute atomic E-state index is 12.5. The summed E-state index contributed by atoms with van der Waals surface area (Å²) in [6.45, 7) is -0.363. The summed E-state index contributed by atoms with van der Waals surface area (Å²) in [4.78, 5) is 22.8. The zero-order valence-electron chi connectivity index (χ0n) is 10.9. The number of carbonyl (C=O) groups excluding carboxylic acids is 1. The van der Waals surface area contributed by atoms with Crippen LogP contribution in [0, 0.1) is 5.41 Å². The molecule has 0 bridgehead atoms. The van der Waals surface area contributed by atoms with E-state index in [1.165, 1.54) is 0 Å². The van der Waals surface area contributed by atoms with E-state index in [2.05, 4.69) is 0 Å². The summed E-state index contributed by atoms with van der Waals surface area (Å²) in [5, 5.41) is 9.04. The van der Waals surface area contributed by atoms with Gasteiger partial charge in [0.05, 0.1) is 11.5 Å². The zero-order chi connectivity index (χ0) is 16.1. The molecule has 2 fully saturated rings. The predicted octanol–water partition coefficient (Wildman–Crippen LogP) is 0.429. The standard InChI is InChI=1S/C11H14F3NO5S/c12-11(13,14)9(18)15-6-10(5-7(15)8(16)17)1-3-21(19,20)4-2-10/h7H,1-6H2,(H,16,17). The van der Waals surface area contributed by atoms with Crippen molar-refractivity contribution in [1.82, 2.24) is 4.90 Å². The summed E-state index contributed by atoms with van der Waals surface area (Å²) in [5.74, 6) is -4.06. The van der Waals surface area contributed by atoms with E-state index in [-0.39, 0.29) is 37.3 Å². The van der Waals surface area contributed by atoms with Crippen molar-refractivity contribution in [3.8, 4) is 0 Å². The lowest BCUT2D eigenvalue weighted by Gasteiger charge is -2.32. The molecule has 6 nitrogen and oxygen atoms in total. The SMILES string of the molecule is O=C(O)C1CC2(CCS(=O)(=O)CC2)CN1C(=O)C(F)(F)F. The topological polar surface area (TPSA) is 91.8 Å². The Morgan fingerprint density at radius 3 is 2.14 bits per heavy atom. The van der Waals surface area contributed by atoms with Gasteiger partial charge in [-0.05, 0) is 24.7 Å². The maximum atomic E-state index is 12.5. The van der Waals surface area contributed by atoms with Gasteiger partial charge in [-0.1, -0.05) is 0 Å². The number of nitrogens with zero attached hydrogens (tertiary/aromatic N) is 1. The lowest BCUT2D eigenvalue weighted by atomic mass is 9.80. The third-order valence-electron chi connectivity index (χ3n) is 4.18. The monoisotopic (exact) mass is 329 g/mol. The molecule has 10 heteroatoms. The summed E-state index contributed by atoms with van der Waals surface area (Å²) in [7, 11) is -3.22. The third kappa shape index (κ3) is 3.14. The van der Waals surface area contributed by atoms with Gasteiger partial charge in [-0.25, -0.2) is 13.2 Å². The Balaban J connectivity index is 2.24. The quantitative estimate of drug-likeness (QED) is 0.753. The molecule has 2 aliphatic rings. The second-order valence-electron chi connectivity index (χ2n) is 5.64. The average Bonchev–Trinajstić information content (AvgIpc) is 2.72. The first-order valence-electron chi connectivity index (χ1n) is 6.27. The van der Waals surface area contributed by atoms with Gasteiger partial charge in [-0.2, -0.15) is 13.2 Å².